The van der Waals surface area contributed by atoms with Crippen LogP contribution in [-0.2, 0) is 13.1 Å². The van der Waals surface area contributed by atoms with Crippen LogP contribution in [0.4, 0.5) is 4.39 Å². The molecule has 1 aromatic carbocycles. The Balaban J connectivity index is 1.90. The number of halogens is 2. The van der Waals surface area contributed by atoms with Crippen LogP contribution in [0.1, 0.15) is 44.0 Å². The molecule has 2 aromatic rings. The smallest absolute Gasteiger partial charge is 0.123 e. The molecule has 1 heterocycles. The van der Waals surface area contributed by atoms with Crippen LogP contribution in [0.3, 0.4) is 0 Å². The lowest BCUT2D eigenvalue weighted by Gasteiger charge is -2.12. The maximum Gasteiger partial charge on any atom is 0.123 e. The van der Waals surface area contributed by atoms with E-state index in [9.17, 15) is 4.39 Å². The zero-order chi connectivity index (χ0) is 15.2. The molecule has 0 bridgehead atoms. The van der Waals surface area contributed by atoms with Crippen molar-refractivity contribution in [2.75, 3.05) is 0 Å². The molecule has 0 saturated carbocycles. The highest BCUT2D eigenvalue weighted by molar-refractivity contribution is 9.10. The first-order valence-electron chi connectivity index (χ1n) is 7.32. The molecule has 2 rings (SSSR count). The van der Waals surface area contributed by atoms with Gasteiger partial charge >= 0.3 is 0 Å². The van der Waals surface area contributed by atoms with E-state index < -0.39 is 0 Å². The van der Waals surface area contributed by atoms with Crippen molar-refractivity contribution in [2.45, 2.75) is 45.8 Å². The number of rotatable bonds is 7. The molecule has 0 saturated heterocycles. The van der Waals surface area contributed by atoms with Gasteiger partial charge in [0.2, 0.25) is 0 Å². The summed E-state index contributed by atoms with van der Waals surface area (Å²) in [5.74, 6) is -0.215. The second-order valence-electron chi connectivity index (χ2n) is 5.10. The Labute approximate surface area is 133 Å². The zero-order valence-corrected chi connectivity index (χ0v) is 14.0. The van der Waals surface area contributed by atoms with Crippen molar-refractivity contribution in [3.05, 3.63) is 52.0 Å². The van der Waals surface area contributed by atoms with E-state index in [2.05, 4.69) is 40.2 Å². The highest BCUT2D eigenvalue weighted by Gasteiger charge is 2.08. The molecule has 1 N–H and O–H groups in total. The maximum atomic E-state index is 13.2. The standard InChI is InChI=1S/C16H21BrFN3/c1-3-15(4-2)21-8-7-14(20-21)11-19-10-12-9-13(18)5-6-16(12)17/h5-9,15,19H,3-4,10-11H2,1-2H3. The molecular weight excluding hydrogens is 333 g/mol. The lowest BCUT2D eigenvalue weighted by molar-refractivity contribution is 0.424. The lowest BCUT2D eigenvalue weighted by atomic mass is 10.2. The van der Waals surface area contributed by atoms with Gasteiger partial charge in [-0.05, 0) is 42.7 Å². The average Bonchev–Trinajstić information content (AvgIpc) is 2.93. The highest BCUT2D eigenvalue weighted by atomic mass is 79.9. The average molecular weight is 354 g/mol. The van der Waals surface area contributed by atoms with Gasteiger partial charge in [-0.25, -0.2) is 4.39 Å². The molecule has 0 spiro atoms. The molecule has 0 atom stereocenters. The van der Waals surface area contributed by atoms with Crippen molar-refractivity contribution in [3.8, 4) is 0 Å². The van der Waals surface area contributed by atoms with Gasteiger partial charge in [0.25, 0.3) is 0 Å². The van der Waals surface area contributed by atoms with Crippen molar-refractivity contribution in [1.82, 2.24) is 15.1 Å². The summed E-state index contributed by atoms with van der Waals surface area (Å²) in [5.41, 5.74) is 1.92. The maximum absolute atomic E-state index is 13.2. The molecule has 1 aromatic heterocycles. The quantitative estimate of drug-likeness (QED) is 0.797. The third-order valence-electron chi connectivity index (χ3n) is 3.61. The summed E-state index contributed by atoms with van der Waals surface area (Å²) in [6.45, 7) is 5.64. The van der Waals surface area contributed by atoms with Crippen LogP contribution in [0.15, 0.2) is 34.9 Å². The number of aromatic nitrogens is 2. The molecule has 0 radical (unpaired) electrons. The summed E-state index contributed by atoms with van der Waals surface area (Å²) in [6.07, 6.45) is 4.20. The molecule has 0 aliphatic heterocycles. The van der Waals surface area contributed by atoms with Crippen LogP contribution in [0.25, 0.3) is 0 Å². The number of hydrogen-bond donors (Lipinski definition) is 1. The first-order valence-corrected chi connectivity index (χ1v) is 8.12. The van der Waals surface area contributed by atoms with Gasteiger partial charge in [-0.1, -0.05) is 29.8 Å². The van der Waals surface area contributed by atoms with Gasteiger partial charge in [-0.3, -0.25) is 4.68 Å². The van der Waals surface area contributed by atoms with Crippen LogP contribution in [0, 0.1) is 5.82 Å². The normalized spacial score (nSPS) is 11.3. The summed E-state index contributed by atoms with van der Waals surface area (Å²) >= 11 is 3.43. The molecule has 3 nitrogen and oxygen atoms in total. The van der Waals surface area contributed by atoms with E-state index in [1.807, 2.05) is 16.9 Å². The largest absolute Gasteiger partial charge is 0.307 e. The molecule has 5 heteroatoms. The Hall–Kier alpha value is -1.20. The van der Waals surface area contributed by atoms with Crippen LogP contribution in [-0.4, -0.2) is 9.78 Å². The highest BCUT2D eigenvalue weighted by Crippen LogP contribution is 2.18. The van der Waals surface area contributed by atoms with Crippen molar-refractivity contribution >= 4 is 15.9 Å². The number of benzene rings is 1. The molecule has 0 unspecified atom stereocenters. The summed E-state index contributed by atoms with van der Waals surface area (Å²) in [4.78, 5) is 0. The van der Waals surface area contributed by atoms with Gasteiger partial charge in [0.1, 0.15) is 5.82 Å². The predicted molar refractivity (Wildman–Crippen MR) is 86.5 cm³/mol. The van der Waals surface area contributed by atoms with Gasteiger partial charge in [-0.15, -0.1) is 0 Å². The van der Waals surface area contributed by atoms with E-state index in [4.69, 9.17) is 0 Å². The SMILES string of the molecule is CCC(CC)n1ccc(CNCc2cc(F)ccc2Br)n1. The van der Waals surface area contributed by atoms with Crippen molar-refractivity contribution < 1.29 is 4.39 Å². The van der Waals surface area contributed by atoms with Gasteiger partial charge in [-0.2, -0.15) is 5.10 Å². The molecule has 0 amide bonds. The summed E-state index contributed by atoms with van der Waals surface area (Å²) in [6, 6.07) is 7.22. The van der Waals surface area contributed by atoms with Crippen molar-refractivity contribution in [2.24, 2.45) is 0 Å². The number of nitrogens with zero attached hydrogens (tertiary/aromatic N) is 2. The van der Waals surface area contributed by atoms with E-state index in [-0.39, 0.29) is 5.82 Å². The topological polar surface area (TPSA) is 29.9 Å². The van der Waals surface area contributed by atoms with Crippen LogP contribution < -0.4 is 5.32 Å². The van der Waals surface area contributed by atoms with E-state index in [1.54, 1.807) is 12.1 Å². The molecule has 0 fully saturated rings. The first kappa shape index (κ1) is 16.2. The minimum Gasteiger partial charge on any atom is -0.307 e. The van der Waals surface area contributed by atoms with Gasteiger partial charge < -0.3 is 5.32 Å². The molecule has 0 aliphatic carbocycles. The molecule has 21 heavy (non-hydrogen) atoms. The third kappa shape index (κ3) is 4.38. The number of hydrogen-bond acceptors (Lipinski definition) is 2. The zero-order valence-electron chi connectivity index (χ0n) is 12.4. The number of nitrogens with one attached hydrogen (secondary N) is 1. The fourth-order valence-electron chi connectivity index (χ4n) is 2.34. The second kappa shape index (κ2) is 7.71. The van der Waals surface area contributed by atoms with Gasteiger partial charge in [0.15, 0.2) is 0 Å². The summed E-state index contributed by atoms with van der Waals surface area (Å²) < 4.78 is 16.2. The summed E-state index contributed by atoms with van der Waals surface area (Å²) in [5, 5.41) is 7.89. The minimum atomic E-state index is -0.215. The molecule has 114 valence electrons. The Morgan fingerprint density at radius 1 is 1.24 bits per heavy atom. The predicted octanol–water partition coefficient (Wildman–Crippen LogP) is 4.44. The van der Waals surface area contributed by atoms with Gasteiger partial charge in [0, 0.05) is 23.8 Å². The third-order valence-corrected chi connectivity index (χ3v) is 4.38. The monoisotopic (exact) mass is 353 g/mol. The Kier molecular flexibility index (Phi) is 5.94. The molecular formula is C16H21BrFN3. The Morgan fingerprint density at radius 2 is 2.00 bits per heavy atom. The summed E-state index contributed by atoms with van der Waals surface area (Å²) in [7, 11) is 0. The molecule has 0 aliphatic rings. The lowest BCUT2D eigenvalue weighted by Crippen LogP contribution is -2.15. The van der Waals surface area contributed by atoms with Crippen LogP contribution in [0.2, 0.25) is 0 Å². The van der Waals surface area contributed by atoms with Crippen molar-refractivity contribution in [3.63, 3.8) is 0 Å². The van der Waals surface area contributed by atoms with E-state index in [0.717, 1.165) is 28.6 Å². The Morgan fingerprint density at radius 3 is 2.71 bits per heavy atom. The minimum absolute atomic E-state index is 0.215. The van der Waals surface area contributed by atoms with E-state index in [1.165, 1.54) is 6.07 Å². The van der Waals surface area contributed by atoms with E-state index in [0.29, 0.717) is 19.1 Å². The van der Waals surface area contributed by atoms with Crippen molar-refractivity contribution in [1.29, 1.82) is 0 Å². The van der Waals surface area contributed by atoms with E-state index >= 15 is 0 Å². The second-order valence-corrected chi connectivity index (χ2v) is 5.95. The fraction of sp³-hybridized carbons (Fsp3) is 0.438. The van der Waals surface area contributed by atoms with Gasteiger partial charge in [0.05, 0.1) is 11.7 Å². The fourth-order valence-corrected chi connectivity index (χ4v) is 2.73. The first-order chi connectivity index (χ1) is 10.1. The van der Waals surface area contributed by atoms with Crippen LogP contribution >= 0.6 is 15.9 Å². The van der Waals surface area contributed by atoms with Crippen LogP contribution in [0.5, 0.6) is 0 Å². The Bertz CT molecular complexity index is 579.